The van der Waals surface area contributed by atoms with Crippen LogP contribution in [0.3, 0.4) is 0 Å². The highest BCUT2D eigenvalue weighted by Crippen LogP contribution is 2.25. The van der Waals surface area contributed by atoms with Crippen LogP contribution >= 0.6 is 0 Å². The molecule has 1 atom stereocenters. The fraction of sp³-hybridized carbons (Fsp3) is 0.467. The van der Waals surface area contributed by atoms with Crippen molar-refractivity contribution in [3.8, 4) is 11.5 Å². The molecule has 0 aromatic heterocycles. The van der Waals surface area contributed by atoms with Gasteiger partial charge in [-0.2, -0.15) is 0 Å². The first-order valence-corrected chi connectivity index (χ1v) is 7.24. The number of methoxy groups -OCH3 is 2. The normalized spacial score (nSPS) is 17.2. The Balaban J connectivity index is 1.85. The third kappa shape index (κ3) is 5.11. The van der Waals surface area contributed by atoms with Gasteiger partial charge in [-0.15, -0.1) is 0 Å². The summed E-state index contributed by atoms with van der Waals surface area (Å²) in [7, 11) is 3.06. The van der Waals surface area contributed by atoms with Gasteiger partial charge in [0, 0.05) is 30.4 Å². The molecule has 0 radical (unpaired) electrons. The third-order valence-electron chi connectivity index (χ3n) is 3.30. The number of amides is 2. The molecule has 0 aliphatic carbocycles. The predicted molar refractivity (Wildman–Crippen MR) is 83.8 cm³/mol. The summed E-state index contributed by atoms with van der Waals surface area (Å²) in [6.07, 6.45) is 0. The molecule has 1 fully saturated rings. The molecule has 8 nitrogen and oxygen atoms in total. The maximum atomic E-state index is 11.9. The zero-order valence-electron chi connectivity index (χ0n) is 13.2. The van der Waals surface area contributed by atoms with Gasteiger partial charge in [0.2, 0.25) is 11.8 Å². The fourth-order valence-corrected chi connectivity index (χ4v) is 2.11. The van der Waals surface area contributed by atoms with Gasteiger partial charge in [0.15, 0.2) is 0 Å². The summed E-state index contributed by atoms with van der Waals surface area (Å²) >= 11 is 0. The fourth-order valence-electron chi connectivity index (χ4n) is 2.11. The van der Waals surface area contributed by atoms with Crippen molar-refractivity contribution in [2.24, 2.45) is 0 Å². The summed E-state index contributed by atoms with van der Waals surface area (Å²) in [5, 5.41) is 8.28. The number of carbonyl (C=O) groups excluding carboxylic acids is 2. The number of morpholine rings is 1. The Morgan fingerprint density at radius 2 is 1.96 bits per heavy atom. The van der Waals surface area contributed by atoms with E-state index in [2.05, 4.69) is 16.0 Å². The molecule has 2 rings (SSSR count). The highest BCUT2D eigenvalue weighted by atomic mass is 16.5. The number of carbonyl (C=O) groups is 2. The molecule has 126 valence electrons. The first-order valence-electron chi connectivity index (χ1n) is 7.24. The van der Waals surface area contributed by atoms with Crippen molar-refractivity contribution in [1.82, 2.24) is 10.6 Å². The van der Waals surface area contributed by atoms with Crippen LogP contribution in [0.1, 0.15) is 0 Å². The maximum Gasteiger partial charge on any atom is 0.243 e. The lowest BCUT2D eigenvalue weighted by molar-refractivity contribution is -0.128. The molecule has 1 aromatic rings. The lowest BCUT2D eigenvalue weighted by Crippen LogP contribution is -2.52. The number of benzene rings is 1. The number of nitrogens with one attached hydrogen (secondary N) is 3. The Morgan fingerprint density at radius 1 is 1.26 bits per heavy atom. The summed E-state index contributed by atoms with van der Waals surface area (Å²) in [5.74, 6) is 0.521. The van der Waals surface area contributed by atoms with E-state index in [1.54, 1.807) is 18.2 Å². The zero-order valence-corrected chi connectivity index (χ0v) is 13.2. The molecule has 23 heavy (non-hydrogen) atoms. The minimum absolute atomic E-state index is 0.128. The number of rotatable bonds is 6. The highest BCUT2D eigenvalue weighted by molar-refractivity contribution is 5.95. The zero-order chi connectivity index (χ0) is 16.7. The van der Waals surface area contributed by atoms with E-state index in [4.69, 9.17) is 14.2 Å². The Kier molecular flexibility index (Phi) is 6.19. The van der Waals surface area contributed by atoms with Crippen molar-refractivity contribution >= 4 is 17.5 Å². The number of anilines is 1. The van der Waals surface area contributed by atoms with E-state index in [0.717, 1.165) is 0 Å². The molecular weight excluding hydrogens is 302 g/mol. The average molecular weight is 323 g/mol. The van der Waals surface area contributed by atoms with Crippen molar-refractivity contribution in [1.29, 1.82) is 0 Å². The standard InChI is InChI=1S/C15H21N3O5/c1-21-11-5-10(6-12(7-11)22-2)18-14(19)8-17-15(20)13-9-23-4-3-16-13/h5-7,13,16H,3-4,8-9H2,1-2H3,(H,17,20)(H,18,19). The van der Waals surface area contributed by atoms with E-state index in [0.29, 0.717) is 36.9 Å². The van der Waals surface area contributed by atoms with Gasteiger partial charge in [-0.3, -0.25) is 9.59 Å². The van der Waals surface area contributed by atoms with E-state index in [1.807, 2.05) is 0 Å². The topological polar surface area (TPSA) is 97.9 Å². The van der Waals surface area contributed by atoms with Gasteiger partial charge in [0.25, 0.3) is 0 Å². The summed E-state index contributed by atoms with van der Waals surface area (Å²) in [6, 6.07) is 4.61. The molecule has 0 bridgehead atoms. The van der Waals surface area contributed by atoms with Gasteiger partial charge in [-0.05, 0) is 0 Å². The highest BCUT2D eigenvalue weighted by Gasteiger charge is 2.21. The summed E-state index contributed by atoms with van der Waals surface area (Å²) in [5.41, 5.74) is 0.527. The average Bonchev–Trinajstić information content (AvgIpc) is 2.60. The van der Waals surface area contributed by atoms with Gasteiger partial charge < -0.3 is 30.2 Å². The van der Waals surface area contributed by atoms with Crippen LogP contribution in [0.5, 0.6) is 11.5 Å². The summed E-state index contributed by atoms with van der Waals surface area (Å²) in [6.45, 7) is 1.38. The van der Waals surface area contributed by atoms with Crippen LogP contribution in [0, 0.1) is 0 Å². The first-order chi connectivity index (χ1) is 11.1. The third-order valence-corrected chi connectivity index (χ3v) is 3.30. The monoisotopic (exact) mass is 323 g/mol. The van der Waals surface area contributed by atoms with E-state index in [-0.39, 0.29) is 18.4 Å². The van der Waals surface area contributed by atoms with E-state index in [9.17, 15) is 9.59 Å². The molecule has 1 heterocycles. The van der Waals surface area contributed by atoms with Crippen LogP contribution in [-0.4, -0.2) is 58.4 Å². The van der Waals surface area contributed by atoms with Gasteiger partial charge in [-0.1, -0.05) is 0 Å². The minimum atomic E-state index is -0.423. The van der Waals surface area contributed by atoms with Gasteiger partial charge in [0.1, 0.15) is 17.5 Å². The number of ether oxygens (including phenoxy) is 3. The first kappa shape index (κ1) is 17.0. The van der Waals surface area contributed by atoms with Crippen LogP contribution in [-0.2, 0) is 14.3 Å². The molecule has 0 saturated carbocycles. The van der Waals surface area contributed by atoms with Gasteiger partial charge in [0.05, 0.1) is 34.0 Å². The summed E-state index contributed by atoms with van der Waals surface area (Å²) in [4.78, 5) is 23.8. The molecule has 1 saturated heterocycles. The van der Waals surface area contributed by atoms with Crippen molar-refractivity contribution in [3.63, 3.8) is 0 Å². The Morgan fingerprint density at radius 3 is 2.52 bits per heavy atom. The van der Waals surface area contributed by atoms with E-state index >= 15 is 0 Å². The minimum Gasteiger partial charge on any atom is -0.497 e. The van der Waals surface area contributed by atoms with Crippen LogP contribution in [0.4, 0.5) is 5.69 Å². The molecule has 1 aliphatic rings. The van der Waals surface area contributed by atoms with Crippen molar-refractivity contribution < 1.29 is 23.8 Å². The van der Waals surface area contributed by atoms with Crippen molar-refractivity contribution in [2.45, 2.75) is 6.04 Å². The van der Waals surface area contributed by atoms with Crippen LogP contribution in [0.25, 0.3) is 0 Å². The second-order valence-electron chi connectivity index (χ2n) is 4.95. The molecule has 3 N–H and O–H groups in total. The number of hydrogen-bond donors (Lipinski definition) is 3. The molecule has 1 unspecified atom stereocenters. The van der Waals surface area contributed by atoms with Gasteiger partial charge >= 0.3 is 0 Å². The molecule has 1 aliphatic heterocycles. The van der Waals surface area contributed by atoms with Gasteiger partial charge in [-0.25, -0.2) is 0 Å². The quantitative estimate of drug-likeness (QED) is 0.668. The van der Waals surface area contributed by atoms with Crippen molar-refractivity contribution in [2.75, 3.05) is 45.8 Å². The second kappa shape index (κ2) is 8.35. The van der Waals surface area contributed by atoms with Crippen LogP contribution < -0.4 is 25.4 Å². The smallest absolute Gasteiger partial charge is 0.243 e. The Bertz CT molecular complexity index is 536. The van der Waals surface area contributed by atoms with E-state index in [1.165, 1.54) is 14.2 Å². The molecule has 2 amide bonds. The lowest BCUT2D eigenvalue weighted by Gasteiger charge is -2.22. The SMILES string of the molecule is COc1cc(NC(=O)CNC(=O)C2COCCN2)cc(OC)c1. The number of hydrogen-bond acceptors (Lipinski definition) is 6. The van der Waals surface area contributed by atoms with Crippen molar-refractivity contribution in [3.05, 3.63) is 18.2 Å². The largest absolute Gasteiger partial charge is 0.497 e. The maximum absolute atomic E-state index is 11.9. The van der Waals surface area contributed by atoms with E-state index < -0.39 is 6.04 Å². The second-order valence-corrected chi connectivity index (χ2v) is 4.95. The Labute approximate surface area is 134 Å². The molecular formula is C15H21N3O5. The Hall–Kier alpha value is -2.32. The van der Waals surface area contributed by atoms with Crippen LogP contribution in [0.2, 0.25) is 0 Å². The molecule has 0 spiro atoms. The lowest BCUT2D eigenvalue weighted by atomic mass is 10.2. The summed E-state index contributed by atoms with van der Waals surface area (Å²) < 4.78 is 15.5. The molecule has 1 aromatic carbocycles. The predicted octanol–water partition coefficient (Wildman–Crippen LogP) is -0.253. The van der Waals surface area contributed by atoms with Crippen LogP contribution in [0.15, 0.2) is 18.2 Å². The molecule has 8 heteroatoms.